The minimum Gasteiger partial charge on any atom is -0.508 e. The molecule has 0 saturated carbocycles. The van der Waals surface area contributed by atoms with E-state index in [1.165, 1.54) is 5.56 Å². The molecule has 3 heteroatoms. The molecule has 0 heterocycles. The predicted molar refractivity (Wildman–Crippen MR) is 73.5 cm³/mol. The molecule has 0 unspecified atom stereocenters. The fourth-order valence-electron chi connectivity index (χ4n) is 1.76. The molecule has 0 fully saturated rings. The molecule has 2 aromatic carbocycles. The predicted octanol–water partition coefficient (Wildman–Crippen LogP) is 2.98. The monoisotopic (exact) mass is 249 g/mol. The Morgan fingerprint density at radius 1 is 0.941 bits per heavy atom. The van der Waals surface area contributed by atoms with Crippen molar-refractivity contribution in [3.8, 4) is 16.9 Å². The molecule has 2 nitrogen and oxygen atoms in total. The Labute approximate surface area is 108 Å². The van der Waals surface area contributed by atoms with E-state index in [4.69, 9.17) is 5.73 Å². The average Bonchev–Trinajstić information content (AvgIpc) is 2.30. The summed E-state index contributed by atoms with van der Waals surface area (Å²) in [6, 6.07) is 15.5. The van der Waals surface area contributed by atoms with Crippen molar-refractivity contribution < 1.29 is 5.11 Å². The minimum absolute atomic E-state index is 0. The van der Waals surface area contributed by atoms with Gasteiger partial charge in [0.2, 0.25) is 0 Å². The minimum atomic E-state index is 0. The Hall–Kier alpha value is -1.51. The maximum Gasteiger partial charge on any atom is 0.116 e. The second-order valence-electron chi connectivity index (χ2n) is 3.79. The molecule has 0 aromatic heterocycles. The number of rotatable bonds is 3. The number of hydrogen-bond donors (Lipinski definition) is 2. The van der Waals surface area contributed by atoms with Crippen LogP contribution >= 0.6 is 12.4 Å². The summed E-state index contributed by atoms with van der Waals surface area (Å²) in [5.74, 6) is 0.293. The van der Waals surface area contributed by atoms with E-state index < -0.39 is 0 Å². The van der Waals surface area contributed by atoms with Gasteiger partial charge in [0.15, 0.2) is 0 Å². The molecule has 0 bridgehead atoms. The van der Waals surface area contributed by atoms with Gasteiger partial charge in [-0.1, -0.05) is 36.4 Å². The van der Waals surface area contributed by atoms with E-state index in [1.54, 1.807) is 12.1 Å². The molecule has 0 spiro atoms. The van der Waals surface area contributed by atoms with Crippen molar-refractivity contribution >= 4 is 12.4 Å². The summed E-state index contributed by atoms with van der Waals surface area (Å²) in [6.45, 7) is 0.656. The third kappa shape index (κ3) is 3.48. The zero-order valence-corrected chi connectivity index (χ0v) is 10.3. The van der Waals surface area contributed by atoms with Gasteiger partial charge in [-0.15, -0.1) is 12.4 Å². The molecule has 0 aliphatic rings. The lowest BCUT2D eigenvalue weighted by Gasteiger charge is -2.05. The summed E-state index contributed by atoms with van der Waals surface area (Å²) < 4.78 is 0. The number of hydrogen-bond acceptors (Lipinski definition) is 2. The highest BCUT2D eigenvalue weighted by molar-refractivity contribution is 5.85. The first-order valence-corrected chi connectivity index (χ1v) is 5.38. The molecule has 3 N–H and O–H groups in total. The number of aromatic hydroxyl groups is 1. The fraction of sp³-hybridized carbons (Fsp3) is 0.143. The van der Waals surface area contributed by atoms with Crippen LogP contribution in [-0.2, 0) is 6.42 Å². The topological polar surface area (TPSA) is 46.2 Å². The Bertz CT molecular complexity index is 485. The Morgan fingerprint density at radius 2 is 1.59 bits per heavy atom. The Kier molecular flexibility index (Phi) is 5.01. The van der Waals surface area contributed by atoms with Crippen molar-refractivity contribution in [1.29, 1.82) is 0 Å². The molecular formula is C14H16ClNO. The fourth-order valence-corrected chi connectivity index (χ4v) is 1.76. The SMILES string of the molecule is Cl.NCCc1cccc(-c2cccc(O)c2)c1. The maximum absolute atomic E-state index is 9.43. The standard InChI is InChI=1S/C14H15NO.ClH/c15-8-7-11-3-1-4-12(9-11)13-5-2-6-14(16)10-13;/h1-6,9-10,16H,7-8,15H2;1H. The quantitative estimate of drug-likeness (QED) is 0.879. The highest BCUT2D eigenvalue weighted by Gasteiger charge is 1.99. The van der Waals surface area contributed by atoms with Crippen LogP contribution in [0.5, 0.6) is 5.75 Å². The van der Waals surface area contributed by atoms with Crippen LogP contribution in [0.15, 0.2) is 48.5 Å². The molecule has 0 aliphatic heterocycles. The van der Waals surface area contributed by atoms with Crippen molar-refractivity contribution in [1.82, 2.24) is 0 Å². The Morgan fingerprint density at radius 3 is 2.24 bits per heavy atom. The number of halogens is 1. The third-order valence-corrected chi connectivity index (χ3v) is 2.54. The van der Waals surface area contributed by atoms with Crippen LogP contribution in [0, 0.1) is 0 Å². The lowest BCUT2D eigenvalue weighted by atomic mass is 10.0. The van der Waals surface area contributed by atoms with Gasteiger partial charge in [0, 0.05) is 0 Å². The molecule has 90 valence electrons. The first-order valence-electron chi connectivity index (χ1n) is 5.38. The first-order chi connectivity index (χ1) is 7.79. The zero-order valence-electron chi connectivity index (χ0n) is 9.47. The average molecular weight is 250 g/mol. The van der Waals surface area contributed by atoms with Crippen LogP contribution in [-0.4, -0.2) is 11.7 Å². The van der Waals surface area contributed by atoms with Crippen LogP contribution in [0.25, 0.3) is 11.1 Å². The third-order valence-electron chi connectivity index (χ3n) is 2.54. The molecule has 2 rings (SSSR count). The van der Waals surface area contributed by atoms with Gasteiger partial charge in [-0.25, -0.2) is 0 Å². The lowest BCUT2D eigenvalue weighted by molar-refractivity contribution is 0.475. The van der Waals surface area contributed by atoms with Crippen molar-refractivity contribution in [2.45, 2.75) is 6.42 Å². The molecule has 2 aromatic rings. The van der Waals surface area contributed by atoms with E-state index in [2.05, 4.69) is 12.1 Å². The zero-order chi connectivity index (χ0) is 11.4. The summed E-state index contributed by atoms with van der Waals surface area (Å²) in [5, 5.41) is 9.43. The molecule has 0 amide bonds. The van der Waals surface area contributed by atoms with Gasteiger partial charge in [0.25, 0.3) is 0 Å². The van der Waals surface area contributed by atoms with Gasteiger partial charge in [0.05, 0.1) is 0 Å². The largest absolute Gasteiger partial charge is 0.508 e. The van der Waals surface area contributed by atoms with Crippen LogP contribution < -0.4 is 5.73 Å². The summed E-state index contributed by atoms with van der Waals surface area (Å²) >= 11 is 0. The summed E-state index contributed by atoms with van der Waals surface area (Å²) in [4.78, 5) is 0. The normalized spacial score (nSPS) is 9.71. The van der Waals surface area contributed by atoms with Gasteiger partial charge >= 0.3 is 0 Å². The van der Waals surface area contributed by atoms with Gasteiger partial charge in [0.1, 0.15) is 5.75 Å². The van der Waals surface area contributed by atoms with Crippen molar-refractivity contribution in [3.63, 3.8) is 0 Å². The first kappa shape index (κ1) is 13.6. The van der Waals surface area contributed by atoms with Crippen LogP contribution in [0.1, 0.15) is 5.56 Å². The van der Waals surface area contributed by atoms with E-state index in [9.17, 15) is 5.11 Å². The maximum atomic E-state index is 9.43. The Balaban J connectivity index is 0.00000144. The van der Waals surface area contributed by atoms with Crippen molar-refractivity contribution in [2.75, 3.05) is 6.54 Å². The van der Waals surface area contributed by atoms with Crippen LogP contribution in [0.3, 0.4) is 0 Å². The number of nitrogens with two attached hydrogens (primary N) is 1. The highest BCUT2D eigenvalue weighted by atomic mass is 35.5. The van der Waals surface area contributed by atoms with E-state index in [-0.39, 0.29) is 12.4 Å². The summed E-state index contributed by atoms with van der Waals surface area (Å²) in [7, 11) is 0. The van der Waals surface area contributed by atoms with E-state index in [0.717, 1.165) is 17.5 Å². The van der Waals surface area contributed by atoms with Crippen LogP contribution in [0.4, 0.5) is 0 Å². The smallest absolute Gasteiger partial charge is 0.116 e. The molecule has 0 saturated heterocycles. The van der Waals surface area contributed by atoms with E-state index >= 15 is 0 Å². The van der Waals surface area contributed by atoms with Crippen molar-refractivity contribution in [3.05, 3.63) is 54.1 Å². The number of benzene rings is 2. The van der Waals surface area contributed by atoms with Crippen LogP contribution in [0.2, 0.25) is 0 Å². The van der Waals surface area contributed by atoms with Gasteiger partial charge in [-0.2, -0.15) is 0 Å². The van der Waals surface area contributed by atoms with Gasteiger partial charge in [-0.05, 0) is 41.8 Å². The van der Waals surface area contributed by atoms with E-state index in [0.29, 0.717) is 12.3 Å². The number of phenols is 1. The van der Waals surface area contributed by atoms with Gasteiger partial charge < -0.3 is 10.8 Å². The molecular weight excluding hydrogens is 234 g/mol. The van der Waals surface area contributed by atoms with Gasteiger partial charge in [-0.3, -0.25) is 0 Å². The molecule has 0 aliphatic carbocycles. The highest BCUT2D eigenvalue weighted by Crippen LogP contribution is 2.23. The number of phenolic OH excluding ortho intramolecular Hbond substituents is 1. The molecule has 0 atom stereocenters. The molecule has 17 heavy (non-hydrogen) atoms. The van der Waals surface area contributed by atoms with Crippen molar-refractivity contribution in [2.24, 2.45) is 5.73 Å². The molecule has 0 radical (unpaired) electrons. The second-order valence-corrected chi connectivity index (χ2v) is 3.79. The summed E-state index contributed by atoms with van der Waals surface area (Å²) in [6.07, 6.45) is 0.882. The lowest BCUT2D eigenvalue weighted by Crippen LogP contribution is -2.02. The second kappa shape index (κ2) is 6.28. The summed E-state index contributed by atoms with van der Waals surface area (Å²) in [5.41, 5.74) is 8.90. The van der Waals surface area contributed by atoms with E-state index in [1.807, 2.05) is 24.3 Å².